The second-order valence-electron chi connectivity index (χ2n) is 7.06. The predicted octanol–water partition coefficient (Wildman–Crippen LogP) is 2.59. The lowest BCUT2D eigenvalue weighted by molar-refractivity contribution is 0.740. The number of nitrogens with zero attached hydrogens (tertiary/aromatic N) is 6. The van der Waals surface area contributed by atoms with Crippen molar-refractivity contribution in [1.82, 2.24) is 29.1 Å². The van der Waals surface area contributed by atoms with Crippen molar-refractivity contribution < 1.29 is 0 Å². The zero-order valence-electron chi connectivity index (χ0n) is 16.9. The largest absolute Gasteiger partial charge is 0.349 e. The summed E-state index contributed by atoms with van der Waals surface area (Å²) in [5.41, 5.74) is -0.284. The SMILES string of the molecule is N#Cc1nn(-c2cc(Cl)c(-n3ncc4c3ccc(=O)n4-c3ccccc3)c(Cl)c2)c(=O)[nH]c1=O. The summed E-state index contributed by atoms with van der Waals surface area (Å²) in [6, 6.07) is 16.5. The molecular formula is C22H11Cl2N7O3. The van der Waals surface area contributed by atoms with Crippen molar-refractivity contribution in [1.29, 1.82) is 5.26 Å². The highest BCUT2D eigenvalue weighted by Gasteiger charge is 2.18. The minimum absolute atomic E-state index is 0.114. The molecule has 0 aliphatic carbocycles. The Kier molecular flexibility index (Phi) is 5.13. The molecule has 0 fully saturated rings. The van der Waals surface area contributed by atoms with E-state index in [0.717, 1.165) is 4.68 Å². The van der Waals surface area contributed by atoms with Crippen molar-refractivity contribution in [2.45, 2.75) is 0 Å². The molecule has 10 nitrogen and oxygen atoms in total. The van der Waals surface area contributed by atoms with Crippen LogP contribution in [0.3, 0.4) is 0 Å². The van der Waals surface area contributed by atoms with Crippen LogP contribution in [0.5, 0.6) is 0 Å². The number of para-hydroxylation sites is 1. The van der Waals surface area contributed by atoms with Crippen LogP contribution in [0.25, 0.3) is 28.1 Å². The van der Waals surface area contributed by atoms with Crippen molar-refractivity contribution in [3.05, 3.63) is 108 Å². The smallest absolute Gasteiger partial charge is 0.274 e. The van der Waals surface area contributed by atoms with Gasteiger partial charge in [-0.2, -0.15) is 15.0 Å². The molecule has 3 heterocycles. The Balaban J connectivity index is 1.71. The van der Waals surface area contributed by atoms with Crippen LogP contribution in [0, 0.1) is 11.3 Å². The average molecular weight is 492 g/mol. The van der Waals surface area contributed by atoms with Crippen LogP contribution in [0.15, 0.2) is 75.2 Å². The van der Waals surface area contributed by atoms with E-state index in [2.05, 4.69) is 10.2 Å². The first-order chi connectivity index (χ1) is 16.4. The Labute approximate surface area is 199 Å². The monoisotopic (exact) mass is 491 g/mol. The van der Waals surface area contributed by atoms with E-state index in [4.69, 9.17) is 28.5 Å². The van der Waals surface area contributed by atoms with E-state index >= 15 is 0 Å². The van der Waals surface area contributed by atoms with E-state index in [9.17, 15) is 14.4 Å². The molecule has 0 amide bonds. The van der Waals surface area contributed by atoms with Crippen molar-refractivity contribution in [2.24, 2.45) is 0 Å². The van der Waals surface area contributed by atoms with E-state index in [1.807, 2.05) is 23.2 Å². The molecule has 0 bridgehead atoms. The first-order valence-electron chi connectivity index (χ1n) is 9.68. The molecule has 34 heavy (non-hydrogen) atoms. The van der Waals surface area contributed by atoms with Gasteiger partial charge >= 0.3 is 5.69 Å². The summed E-state index contributed by atoms with van der Waals surface area (Å²) in [7, 11) is 0. The lowest BCUT2D eigenvalue weighted by Crippen LogP contribution is -2.33. The first-order valence-corrected chi connectivity index (χ1v) is 10.4. The Morgan fingerprint density at radius 3 is 2.26 bits per heavy atom. The number of fused-ring (bicyclic) bond motifs is 1. The summed E-state index contributed by atoms with van der Waals surface area (Å²) in [6.45, 7) is 0. The summed E-state index contributed by atoms with van der Waals surface area (Å²) in [4.78, 5) is 38.5. The lowest BCUT2D eigenvalue weighted by atomic mass is 10.2. The maximum Gasteiger partial charge on any atom is 0.349 e. The second kappa shape index (κ2) is 8.15. The number of aromatic amines is 1. The predicted molar refractivity (Wildman–Crippen MR) is 125 cm³/mol. The van der Waals surface area contributed by atoms with Crippen LogP contribution >= 0.6 is 23.2 Å². The zero-order valence-corrected chi connectivity index (χ0v) is 18.4. The molecule has 166 valence electrons. The molecule has 0 spiro atoms. The maximum atomic E-state index is 12.6. The highest BCUT2D eigenvalue weighted by atomic mass is 35.5. The summed E-state index contributed by atoms with van der Waals surface area (Å²) in [5, 5.41) is 17.4. The number of hydrogen-bond acceptors (Lipinski definition) is 6. The standard InChI is InChI=1S/C22H11Cl2N7O3/c23-14-8-13(30-22(34)27-21(33)16(10-25)28-30)9-15(24)20(14)31-17-6-7-19(32)29(18(17)11-26-31)12-4-2-1-3-5-12/h1-9,11H,(H,27,33,34). The molecule has 0 saturated heterocycles. The fraction of sp³-hybridized carbons (Fsp3) is 0. The molecule has 0 aliphatic rings. The number of hydrogen-bond donors (Lipinski definition) is 1. The molecule has 2 aromatic carbocycles. The van der Waals surface area contributed by atoms with Gasteiger partial charge in [-0.25, -0.2) is 9.48 Å². The molecule has 12 heteroatoms. The number of nitrogens with one attached hydrogen (secondary N) is 1. The molecule has 1 N–H and O–H groups in total. The lowest BCUT2D eigenvalue weighted by Gasteiger charge is -2.12. The fourth-order valence-electron chi connectivity index (χ4n) is 3.57. The van der Waals surface area contributed by atoms with Crippen LogP contribution in [0.2, 0.25) is 10.0 Å². The highest BCUT2D eigenvalue weighted by molar-refractivity contribution is 6.38. The van der Waals surface area contributed by atoms with E-state index in [1.165, 1.54) is 33.6 Å². The van der Waals surface area contributed by atoms with Gasteiger partial charge in [-0.15, -0.1) is 5.10 Å². The van der Waals surface area contributed by atoms with Gasteiger partial charge in [-0.3, -0.25) is 19.1 Å². The molecule has 3 aromatic heterocycles. The third-order valence-electron chi connectivity index (χ3n) is 5.04. The van der Waals surface area contributed by atoms with Gasteiger partial charge < -0.3 is 0 Å². The van der Waals surface area contributed by atoms with Gasteiger partial charge in [0.2, 0.25) is 5.69 Å². The fourth-order valence-corrected chi connectivity index (χ4v) is 4.20. The number of nitriles is 1. The van der Waals surface area contributed by atoms with Gasteiger partial charge in [0, 0.05) is 11.8 Å². The molecule has 5 rings (SSSR count). The van der Waals surface area contributed by atoms with E-state index in [-0.39, 0.29) is 21.3 Å². The number of benzene rings is 2. The Morgan fingerprint density at radius 1 is 0.882 bits per heavy atom. The van der Waals surface area contributed by atoms with Crippen molar-refractivity contribution in [3.63, 3.8) is 0 Å². The van der Waals surface area contributed by atoms with Gasteiger partial charge in [0.1, 0.15) is 11.8 Å². The molecule has 0 radical (unpaired) electrons. The van der Waals surface area contributed by atoms with Gasteiger partial charge in [0.05, 0.1) is 33.0 Å². The normalized spacial score (nSPS) is 11.0. The third kappa shape index (κ3) is 3.40. The molecule has 5 aromatic rings. The van der Waals surface area contributed by atoms with Gasteiger partial charge in [-0.05, 0) is 30.3 Å². The number of pyridine rings is 1. The highest BCUT2D eigenvalue weighted by Crippen LogP contribution is 2.33. The van der Waals surface area contributed by atoms with Crippen LogP contribution in [-0.2, 0) is 0 Å². The summed E-state index contributed by atoms with van der Waals surface area (Å²) < 4.78 is 3.81. The quantitative estimate of drug-likeness (QED) is 0.412. The van der Waals surface area contributed by atoms with Crippen LogP contribution in [-0.4, -0.2) is 29.1 Å². The minimum atomic E-state index is -0.898. The van der Waals surface area contributed by atoms with Gasteiger partial charge in [0.25, 0.3) is 11.1 Å². The van der Waals surface area contributed by atoms with Crippen molar-refractivity contribution in [2.75, 3.05) is 0 Å². The minimum Gasteiger partial charge on any atom is -0.274 e. The van der Waals surface area contributed by atoms with Crippen LogP contribution < -0.4 is 16.8 Å². The number of aromatic nitrogens is 6. The Morgan fingerprint density at radius 2 is 1.59 bits per heavy atom. The van der Waals surface area contributed by atoms with Crippen molar-refractivity contribution in [3.8, 4) is 23.1 Å². The van der Waals surface area contributed by atoms with E-state index < -0.39 is 16.9 Å². The Hall–Kier alpha value is -4.46. The number of halogens is 2. The van der Waals surface area contributed by atoms with Gasteiger partial charge in [0.15, 0.2) is 0 Å². The average Bonchev–Trinajstić information content (AvgIpc) is 3.22. The molecular weight excluding hydrogens is 481 g/mol. The van der Waals surface area contributed by atoms with E-state index in [1.54, 1.807) is 24.3 Å². The number of rotatable bonds is 3. The second-order valence-corrected chi connectivity index (χ2v) is 7.87. The third-order valence-corrected chi connectivity index (χ3v) is 5.61. The van der Waals surface area contributed by atoms with Crippen LogP contribution in [0.4, 0.5) is 0 Å². The summed E-state index contributed by atoms with van der Waals surface area (Å²) in [6.07, 6.45) is 1.53. The first kappa shape index (κ1) is 21.4. The van der Waals surface area contributed by atoms with Gasteiger partial charge in [-0.1, -0.05) is 41.4 Å². The topological polar surface area (TPSA) is 131 Å². The van der Waals surface area contributed by atoms with Crippen LogP contribution in [0.1, 0.15) is 5.69 Å². The van der Waals surface area contributed by atoms with E-state index in [0.29, 0.717) is 22.4 Å². The summed E-state index contributed by atoms with van der Waals surface area (Å²) >= 11 is 13.1. The van der Waals surface area contributed by atoms with Crippen molar-refractivity contribution >= 4 is 34.2 Å². The molecule has 0 aliphatic heterocycles. The molecule has 0 atom stereocenters. The molecule has 0 saturated carbocycles. The maximum absolute atomic E-state index is 12.6. The Bertz CT molecular complexity index is 1790. The number of H-pyrrole nitrogens is 1. The molecule has 0 unspecified atom stereocenters. The zero-order chi connectivity index (χ0) is 24.0. The summed E-state index contributed by atoms with van der Waals surface area (Å²) in [5.74, 6) is 0.